The second kappa shape index (κ2) is 8.43. The highest BCUT2D eigenvalue weighted by atomic mass is 32.2. The van der Waals surface area contributed by atoms with Gasteiger partial charge in [-0.3, -0.25) is 9.93 Å². The van der Waals surface area contributed by atoms with Crippen LogP contribution in [0.5, 0.6) is 0 Å². The first-order valence-corrected chi connectivity index (χ1v) is 11.6. The van der Waals surface area contributed by atoms with Crippen molar-refractivity contribution in [1.82, 2.24) is 0 Å². The lowest BCUT2D eigenvalue weighted by Crippen LogP contribution is -2.55. The Labute approximate surface area is 194 Å². The quantitative estimate of drug-likeness (QED) is 0.537. The Kier molecular flexibility index (Phi) is 5.58. The number of nitrogens with zero attached hydrogens (tertiary/aromatic N) is 2. The number of carbonyl (C=O) groups is 1. The van der Waals surface area contributed by atoms with Gasteiger partial charge in [0.1, 0.15) is 17.5 Å². The molecule has 0 radical (unpaired) electrons. The Hall–Kier alpha value is -2.97. The van der Waals surface area contributed by atoms with Crippen LogP contribution in [-0.2, 0) is 11.2 Å². The molecule has 0 saturated carbocycles. The van der Waals surface area contributed by atoms with Crippen molar-refractivity contribution in [3.8, 4) is 11.1 Å². The Morgan fingerprint density at radius 3 is 2.30 bits per heavy atom. The van der Waals surface area contributed by atoms with Gasteiger partial charge in [0.05, 0.1) is 16.4 Å². The van der Waals surface area contributed by atoms with Gasteiger partial charge in [-0.05, 0) is 72.8 Å². The summed E-state index contributed by atoms with van der Waals surface area (Å²) in [7, 11) is 0. The molecule has 2 N–H and O–H groups in total. The SMILES string of the molecule is CC1Cc2cc(F)c(SN)cc2N1C(=O)C1CN(c2ccc(-c3c(F)cccc3F)cc2)C1. The number of carbonyl (C=O) groups excluding carboxylic acids is 1. The second-order valence-electron chi connectivity index (χ2n) is 8.54. The smallest absolute Gasteiger partial charge is 0.233 e. The van der Waals surface area contributed by atoms with Gasteiger partial charge in [0.25, 0.3) is 0 Å². The van der Waals surface area contributed by atoms with E-state index in [-0.39, 0.29) is 29.2 Å². The molecule has 1 amide bonds. The summed E-state index contributed by atoms with van der Waals surface area (Å²) in [6.07, 6.45) is 0.609. The predicted octanol–water partition coefficient (Wildman–Crippen LogP) is 5.15. The van der Waals surface area contributed by atoms with Crippen molar-refractivity contribution in [3.05, 3.63) is 77.6 Å². The van der Waals surface area contributed by atoms with E-state index in [0.29, 0.717) is 30.0 Å². The number of halogens is 3. The summed E-state index contributed by atoms with van der Waals surface area (Å²) in [6.45, 7) is 3.05. The molecule has 3 aromatic carbocycles. The van der Waals surface area contributed by atoms with Crippen LogP contribution in [0.4, 0.5) is 24.5 Å². The van der Waals surface area contributed by atoms with Crippen molar-refractivity contribution in [2.75, 3.05) is 22.9 Å². The fourth-order valence-corrected chi connectivity index (χ4v) is 5.05. The van der Waals surface area contributed by atoms with Gasteiger partial charge in [-0.25, -0.2) is 13.2 Å². The first-order valence-electron chi connectivity index (χ1n) is 10.7. The van der Waals surface area contributed by atoms with Crippen molar-refractivity contribution in [2.45, 2.75) is 24.3 Å². The fourth-order valence-electron chi connectivity index (χ4n) is 4.70. The molecule has 2 aliphatic heterocycles. The summed E-state index contributed by atoms with van der Waals surface area (Å²) in [5, 5.41) is 5.57. The zero-order valence-corrected chi connectivity index (χ0v) is 18.7. The lowest BCUT2D eigenvalue weighted by molar-refractivity contribution is -0.123. The summed E-state index contributed by atoms with van der Waals surface area (Å²) < 4.78 is 42.2. The minimum atomic E-state index is -0.603. The van der Waals surface area contributed by atoms with Crippen LogP contribution in [0.3, 0.4) is 0 Å². The zero-order valence-electron chi connectivity index (χ0n) is 17.9. The molecule has 1 saturated heterocycles. The lowest BCUT2D eigenvalue weighted by Gasteiger charge is -2.42. The molecular weight excluding hydrogens is 447 g/mol. The van der Waals surface area contributed by atoms with Crippen LogP contribution in [0, 0.1) is 23.4 Å². The third kappa shape index (κ3) is 3.77. The number of rotatable bonds is 4. The molecule has 170 valence electrons. The number of anilines is 2. The molecule has 1 atom stereocenters. The third-order valence-corrected chi connectivity index (χ3v) is 6.99. The molecule has 0 aromatic heterocycles. The molecular formula is C25H22F3N3OS. The predicted molar refractivity (Wildman–Crippen MR) is 125 cm³/mol. The van der Waals surface area contributed by atoms with E-state index < -0.39 is 11.6 Å². The van der Waals surface area contributed by atoms with E-state index in [0.717, 1.165) is 28.9 Å². The average Bonchev–Trinajstić information content (AvgIpc) is 3.07. The minimum Gasteiger partial charge on any atom is -0.370 e. The van der Waals surface area contributed by atoms with Crippen LogP contribution in [0.25, 0.3) is 11.1 Å². The third-order valence-electron chi connectivity index (χ3n) is 6.43. The molecule has 4 nitrogen and oxygen atoms in total. The number of amides is 1. The zero-order chi connectivity index (χ0) is 23.3. The highest BCUT2D eigenvalue weighted by molar-refractivity contribution is 7.97. The number of nitrogens with two attached hydrogens (primary N) is 1. The van der Waals surface area contributed by atoms with Crippen molar-refractivity contribution < 1.29 is 18.0 Å². The van der Waals surface area contributed by atoms with Crippen LogP contribution >= 0.6 is 11.9 Å². The highest BCUT2D eigenvalue weighted by Gasteiger charge is 2.40. The molecule has 3 aromatic rings. The summed E-state index contributed by atoms with van der Waals surface area (Å²) in [5.74, 6) is -1.73. The molecule has 33 heavy (non-hydrogen) atoms. The molecule has 2 aliphatic rings. The second-order valence-corrected chi connectivity index (χ2v) is 9.21. The first-order chi connectivity index (χ1) is 15.9. The molecule has 0 bridgehead atoms. The van der Waals surface area contributed by atoms with E-state index in [9.17, 15) is 18.0 Å². The summed E-state index contributed by atoms with van der Waals surface area (Å²) in [6, 6.07) is 13.9. The van der Waals surface area contributed by atoms with E-state index in [1.165, 1.54) is 24.3 Å². The van der Waals surface area contributed by atoms with Crippen LogP contribution in [0.2, 0.25) is 0 Å². The summed E-state index contributed by atoms with van der Waals surface area (Å²) in [4.78, 5) is 17.4. The molecule has 2 heterocycles. The van der Waals surface area contributed by atoms with Crippen LogP contribution in [0.15, 0.2) is 59.5 Å². The lowest BCUT2D eigenvalue weighted by atomic mass is 9.96. The van der Waals surface area contributed by atoms with Gasteiger partial charge in [0, 0.05) is 30.5 Å². The Bertz CT molecular complexity index is 1210. The topological polar surface area (TPSA) is 49.6 Å². The van der Waals surface area contributed by atoms with Crippen LogP contribution < -0.4 is 14.9 Å². The van der Waals surface area contributed by atoms with Crippen LogP contribution in [0.1, 0.15) is 12.5 Å². The summed E-state index contributed by atoms with van der Waals surface area (Å²) >= 11 is 0.835. The Balaban J connectivity index is 1.29. The maximum Gasteiger partial charge on any atom is 0.233 e. The number of hydrogen-bond acceptors (Lipinski definition) is 4. The maximum absolute atomic E-state index is 14.1. The standard InChI is InChI=1S/C25H22F3N3OS/c1-14-9-16-10-21(28)23(33-29)11-22(16)31(14)25(32)17-12-30(13-17)18-7-5-15(6-8-18)24-19(26)3-2-4-20(24)27/h2-8,10-11,14,17H,9,12-13,29H2,1H3. The van der Waals surface area contributed by atoms with Crippen molar-refractivity contribution in [2.24, 2.45) is 11.1 Å². The fraction of sp³-hybridized carbons (Fsp3) is 0.240. The van der Waals surface area contributed by atoms with Crippen molar-refractivity contribution in [1.29, 1.82) is 0 Å². The van der Waals surface area contributed by atoms with E-state index in [2.05, 4.69) is 4.90 Å². The van der Waals surface area contributed by atoms with Gasteiger partial charge in [0.2, 0.25) is 5.91 Å². The average molecular weight is 470 g/mol. The minimum absolute atomic E-state index is 0.0159. The van der Waals surface area contributed by atoms with Gasteiger partial charge in [-0.1, -0.05) is 18.2 Å². The van der Waals surface area contributed by atoms with E-state index in [4.69, 9.17) is 5.14 Å². The first kappa shape index (κ1) is 21.9. The Morgan fingerprint density at radius 1 is 1.00 bits per heavy atom. The number of fused-ring (bicyclic) bond motifs is 1. The van der Waals surface area contributed by atoms with E-state index >= 15 is 0 Å². The molecule has 0 aliphatic carbocycles. The maximum atomic E-state index is 14.1. The van der Waals surface area contributed by atoms with Gasteiger partial charge in [-0.15, -0.1) is 0 Å². The highest BCUT2D eigenvalue weighted by Crippen LogP contribution is 2.38. The molecule has 0 spiro atoms. The Morgan fingerprint density at radius 2 is 1.67 bits per heavy atom. The van der Waals surface area contributed by atoms with Gasteiger partial charge in [0.15, 0.2) is 0 Å². The largest absolute Gasteiger partial charge is 0.370 e. The summed E-state index contributed by atoms with van der Waals surface area (Å²) in [5.41, 5.74) is 2.85. The van der Waals surface area contributed by atoms with Gasteiger partial charge in [-0.2, -0.15) is 0 Å². The molecule has 1 unspecified atom stereocenters. The van der Waals surface area contributed by atoms with E-state index in [1.54, 1.807) is 23.1 Å². The van der Waals surface area contributed by atoms with Crippen LogP contribution in [-0.4, -0.2) is 25.0 Å². The van der Waals surface area contributed by atoms with Crippen molar-refractivity contribution in [3.63, 3.8) is 0 Å². The van der Waals surface area contributed by atoms with E-state index in [1.807, 2.05) is 19.1 Å². The van der Waals surface area contributed by atoms with Crippen molar-refractivity contribution >= 4 is 29.2 Å². The normalized spacial score (nSPS) is 17.8. The number of hydrogen-bond donors (Lipinski definition) is 1. The van der Waals surface area contributed by atoms with Gasteiger partial charge < -0.3 is 9.80 Å². The monoisotopic (exact) mass is 469 g/mol. The molecule has 8 heteroatoms. The number of benzene rings is 3. The molecule has 1 fully saturated rings. The van der Waals surface area contributed by atoms with Gasteiger partial charge >= 0.3 is 0 Å². The molecule has 5 rings (SSSR count).